The first-order valence-corrected chi connectivity index (χ1v) is 1.88. The standard InChI is InChI=1S/C3H4N3O/c7-6-2-1-4-5-3-6/h1,3H,2H2/q-1. The van der Waals surface area contributed by atoms with E-state index in [1.54, 1.807) is 0 Å². The molecule has 7 heavy (non-hydrogen) atoms. The summed E-state index contributed by atoms with van der Waals surface area (Å²) in [6.45, 7) is 0.323. The second-order valence-electron chi connectivity index (χ2n) is 1.13. The molecule has 1 rings (SSSR count). The molecule has 0 aromatic carbocycles. The fourth-order valence-corrected chi connectivity index (χ4v) is 0.299. The number of hydroxylamine groups is 2. The Bertz CT molecular complexity index is 109. The lowest BCUT2D eigenvalue weighted by atomic mass is 10.7. The molecule has 0 atom stereocenters. The van der Waals surface area contributed by atoms with Crippen LogP contribution in [0.4, 0.5) is 0 Å². The van der Waals surface area contributed by atoms with Gasteiger partial charge in [0, 0.05) is 12.8 Å². The Hall–Kier alpha value is -0.900. The molecular weight excluding hydrogens is 94.1 g/mol. The normalized spacial score (nSPS) is 18.1. The van der Waals surface area contributed by atoms with Gasteiger partial charge in [0.05, 0.1) is 0 Å². The molecule has 1 heterocycles. The van der Waals surface area contributed by atoms with Crippen LogP contribution in [0.25, 0.3) is 0 Å². The minimum Gasteiger partial charge on any atom is -0.757 e. The predicted octanol–water partition coefficient (Wildman–Crippen LogP) is -0.186. The van der Waals surface area contributed by atoms with Gasteiger partial charge in [0.2, 0.25) is 0 Å². The van der Waals surface area contributed by atoms with Crippen LogP contribution in [-0.2, 0) is 0 Å². The highest BCUT2D eigenvalue weighted by Crippen LogP contribution is 1.82. The Kier molecular flexibility index (Phi) is 1.04. The van der Waals surface area contributed by atoms with Crippen molar-refractivity contribution >= 4 is 12.6 Å². The zero-order valence-corrected chi connectivity index (χ0v) is 3.61. The van der Waals surface area contributed by atoms with Gasteiger partial charge in [-0.1, -0.05) is 0 Å². The molecule has 0 bridgehead atoms. The van der Waals surface area contributed by atoms with Gasteiger partial charge in [-0.05, 0) is 0 Å². The van der Waals surface area contributed by atoms with Crippen molar-refractivity contribution in [1.29, 1.82) is 0 Å². The summed E-state index contributed by atoms with van der Waals surface area (Å²) in [5, 5.41) is 17.6. The SMILES string of the molecule is [O-]N1C=NN=CC1. The van der Waals surface area contributed by atoms with Gasteiger partial charge < -0.3 is 10.3 Å². The molecule has 4 heteroatoms. The lowest BCUT2D eigenvalue weighted by Gasteiger charge is -2.22. The van der Waals surface area contributed by atoms with E-state index in [2.05, 4.69) is 10.2 Å². The average Bonchev–Trinajstić information content (AvgIpc) is 1.69. The lowest BCUT2D eigenvalue weighted by Crippen LogP contribution is -2.18. The molecule has 0 amide bonds. The van der Waals surface area contributed by atoms with Gasteiger partial charge in [0.15, 0.2) is 0 Å². The van der Waals surface area contributed by atoms with Crippen LogP contribution in [0, 0.1) is 5.21 Å². The molecule has 38 valence electrons. The molecule has 0 spiro atoms. The summed E-state index contributed by atoms with van der Waals surface area (Å²) in [7, 11) is 0. The third-order valence-corrected chi connectivity index (χ3v) is 0.590. The van der Waals surface area contributed by atoms with Crippen LogP contribution in [-0.4, -0.2) is 24.2 Å². The summed E-state index contributed by atoms with van der Waals surface area (Å²) in [5.74, 6) is 0. The van der Waals surface area contributed by atoms with Crippen molar-refractivity contribution < 1.29 is 0 Å². The lowest BCUT2D eigenvalue weighted by molar-refractivity contribution is 0.657. The predicted molar refractivity (Wildman–Crippen MR) is 27.1 cm³/mol. The molecule has 0 radical (unpaired) electrons. The van der Waals surface area contributed by atoms with E-state index in [0.717, 1.165) is 6.34 Å². The molecule has 0 saturated heterocycles. The minimum absolute atomic E-state index is 0.323. The minimum atomic E-state index is 0.323. The first-order chi connectivity index (χ1) is 3.39. The third kappa shape index (κ3) is 0.972. The van der Waals surface area contributed by atoms with Gasteiger partial charge in [0.25, 0.3) is 0 Å². The largest absolute Gasteiger partial charge is 0.757 e. The maximum absolute atomic E-state index is 10.1. The number of hydrogen-bond acceptors (Lipinski definition) is 4. The maximum Gasteiger partial charge on any atom is 0.103 e. The Labute approximate surface area is 40.7 Å². The first-order valence-electron chi connectivity index (χ1n) is 1.88. The number of rotatable bonds is 0. The van der Waals surface area contributed by atoms with Gasteiger partial charge in [-0.15, -0.1) is 5.10 Å². The fourth-order valence-electron chi connectivity index (χ4n) is 0.299. The van der Waals surface area contributed by atoms with E-state index >= 15 is 0 Å². The van der Waals surface area contributed by atoms with E-state index in [1.165, 1.54) is 6.21 Å². The molecule has 0 aromatic rings. The van der Waals surface area contributed by atoms with E-state index in [4.69, 9.17) is 0 Å². The van der Waals surface area contributed by atoms with Crippen molar-refractivity contribution in [3.63, 3.8) is 0 Å². The fraction of sp³-hybridized carbons (Fsp3) is 0.333. The zero-order chi connectivity index (χ0) is 5.11. The van der Waals surface area contributed by atoms with Crippen molar-refractivity contribution in [1.82, 2.24) is 5.06 Å². The van der Waals surface area contributed by atoms with Gasteiger partial charge >= 0.3 is 0 Å². The summed E-state index contributed by atoms with van der Waals surface area (Å²) in [6.07, 6.45) is 2.59. The van der Waals surface area contributed by atoms with E-state index in [1.807, 2.05) is 0 Å². The summed E-state index contributed by atoms with van der Waals surface area (Å²) in [4.78, 5) is 0. The van der Waals surface area contributed by atoms with Crippen LogP contribution in [0.5, 0.6) is 0 Å². The molecule has 1 aliphatic rings. The highest BCUT2D eigenvalue weighted by molar-refractivity contribution is 5.69. The molecule has 0 fully saturated rings. The summed E-state index contributed by atoms with van der Waals surface area (Å²) >= 11 is 0. The highest BCUT2D eigenvalue weighted by atomic mass is 16.5. The van der Waals surface area contributed by atoms with Crippen LogP contribution < -0.4 is 0 Å². The van der Waals surface area contributed by atoms with Gasteiger partial charge in [0.1, 0.15) is 6.34 Å². The Balaban J connectivity index is 2.49. The van der Waals surface area contributed by atoms with Gasteiger partial charge in [-0.2, -0.15) is 5.10 Å². The van der Waals surface area contributed by atoms with E-state index in [9.17, 15) is 5.21 Å². The molecule has 0 aromatic heterocycles. The molecule has 0 aliphatic carbocycles. The van der Waals surface area contributed by atoms with Crippen molar-refractivity contribution in [2.45, 2.75) is 0 Å². The molecule has 0 saturated carbocycles. The summed E-state index contributed by atoms with van der Waals surface area (Å²) in [6, 6.07) is 0. The van der Waals surface area contributed by atoms with Crippen LogP contribution >= 0.6 is 0 Å². The van der Waals surface area contributed by atoms with Crippen LogP contribution in [0.15, 0.2) is 10.2 Å². The smallest absolute Gasteiger partial charge is 0.103 e. The third-order valence-electron chi connectivity index (χ3n) is 0.590. The Morgan fingerprint density at radius 2 is 2.43 bits per heavy atom. The van der Waals surface area contributed by atoms with E-state index in [-0.39, 0.29) is 0 Å². The Morgan fingerprint density at radius 1 is 1.57 bits per heavy atom. The molecule has 4 nitrogen and oxygen atoms in total. The molecule has 1 aliphatic heterocycles. The van der Waals surface area contributed by atoms with E-state index in [0.29, 0.717) is 11.6 Å². The number of nitrogens with zero attached hydrogens (tertiary/aromatic N) is 3. The Morgan fingerprint density at radius 3 is 2.71 bits per heavy atom. The van der Waals surface area contributed by atoms with Gasteiger partial charge in [-0.25, -0.2) is 0 Å². The average molecular weight is 98.1 g/mol. The maximum atomic E-state index is 10.1. The van der Waals surface area contributed by atoms with Gasteiger partial charge in [-0.3, -0.25) is 0 Å². The zero-order valence-electron chi connectivity index (χ0n) is 3.61. The number of hydrogen-bond donors (Lipinski definition) is 0. The van der Waals surface area contributed by atoms with Crippen molar-refractivity contribution in [2.24, 2.45) is 10.2 Å². The van der Waals surface area contributed by atoms with Crippen molar-refractivity contribution in [3.8, 4) is 0 Å². The second-order valence-corrected chi connectivity index (χ2v) is 1.13. The van der Waals surface area contributed by atoms with Crippen LogP contribution in [0.3, 0.4) is 0 Å². The molecule has 0 N–H and O–H groups in total. The van der Waals surface area contributed by atoms with Crippen molar-refractivity contribution in [2.75, 3.05) is 6.54 Å². The second kappa shape index (κ2) is 1.70. The topological polar surface area (TPSA) is 51.0 Å². The summed E-state index contributed by atoms with van der Waals surface area (Å²) < 4.78 is 0. The molecule has 0 unspecified atom stereocenters. The van der Waals surface area contributed by atoms with Crippen molar-refractivity contribution in [3.05, 3.63) is 5.21 Å². The van der Waals surface area contributed by atoms with E-state index < -0.39 is 0 Å². The quantitative estimate of drug-likeness (QED) is 0.421. The molecular formula is C3H4N3O-. The first kappa shape index (κ1) is 4.26. The highest BCUT2D eigenvalue weighted by Gasteiger charge is 1.82. The van der Waals surface area contributed by atoms with Crippen LogP contribution in [0.2, 0.25) is 0 Å². The van der Waals surface area contributed by atoms with Crippen LogP contribution in [0.1, 0.15) is 0 Å². The summed E-state index contributed by atoms with van der Waals surface area (Å²) in [5.41, 5.74) is 0. The monoisotopic (exact) mass is 98.0 g/mol.